The minimum absolute atomic E-state index is 0.241. The van der Waals surface area contributed by atoms with E-state index in [9.17, 15) is 0 Å². The van der Waals surface area contributed by atoms with E-state index in [1.807, 2.05) is 19.2 Å². The molecule has 5 nitrogen and oxygen atoms in total. The van der Waals surface area contributed by atoms with Crippen LogP contribution >= 0.6 is 11.8 Å². The van der Waals surface area contributed by atoms with Crippen LogP contribution in [0.4, 0.5) is 0 Å². The minimum Gasteiger partial charge on any atom is -0.496 e. The Balaban J connectivity index is 2.54. The molecule has 96 valence electrons. The molecule has 18 heavy (non-hydrogen) atoms. The molecule has 0 atom stereocenters. The van der Waals surface area contributed by atoms with Gasteiger partial charge in [0.15, 0.2) is 0 Å². The predicted molar refractivity (Wildman–Crippen MR) is 70.7 cm³/mol. The Morgan fingerprint density at radius 2 is 2.22 bits per heavy atom. The summed E-state index contributed by atoms with van der Waals surface area (Å²) in [6.45, 7) is 2.24. The highest BCUT2D eigenvalue weighted by Crippen LogP contribution is 2.34. The topological polar surface area (TPSA) is 74.2 Å². The summed E-state index contributed by atoms with van der Waals surface area (Å²) >= 11 is 1.63. The zero-order valence-corrected chi connectivity index (χ0v) is 11.4. The molecule has 2 N–H and O–H groups in total. The standard InChI is InChI=1S/C12H15N3O2S/c1-7-4-10(18-3)8(5-9(7)16-2)12-14-11(6-13)17-15-12/h4-5H,6,13H2,1-3H3. The fourth-order valence-electron chi connectivity index (χ4n) is 1.67. The van der Waals surface area contributed by atoms with Crippen molar-refractivity contribution < 1.29 is 9.26 Å². The van der Waals surface area contributed by atoms with E-state index in [4.69, 9.17) is 15.0 Å². The zero-order valence-electron chi connectivity index (χ0n) is 10.6. The van der Waals surface area contributed by atoms with Crippen molar-refractivity contribution in [3.63, 3.8) is 0 Å². The van der Waals surface area contributed by atoms with Crippen molar-refractivity contribution >= 4 is 11.8 Å². The molecule has 0 aliphatic carbocycles. The number of benzene rings is 1. The fraction of sp³-hybridized carbons (Fsp3) is 0.333. The summed E-state index contributed by atoms with van der Waals surface area (Å²) in [5, 5.41) is 3.94. The molecule has 0 bridgehead atoms. The molecule has 1 heterocycles. The highest BCUT2D eigenvalue weighted by molar-refractivity contribution is 7.98. The highest BCUT2D eigenvalue weighted by Gasteiger charge is 2.14. The molecule has 2 aromatic rings. The predicted octanol–water partition coefficient (Wildman–Crippen LogP) is 2.23. The molecule has 0 aliphatic rings. The van der Waals surface area contributed by atoms with E-state index in [0.717, 1.165) is 21.8 Å². The Morgan fingerprint density at radius 1 is 1.44 bits per heavy atom. The van der Waals surface area contributed by atoms with Gasteiger partial charge in [-0.2, -0.15) is 4.98 Å². The summed E-state index contributed by atoms with van der Waals surface area (Å²) in [6.07, 6.45) is 2.01. The van der Waals surface area contributed by atoms with Crippen LogP contribution in [0.3, 0.4) is 0 Å². The number of aryl methyl sites for hydroxylation is 1. The summed E-state index contributed by atoms with van der Waals surface area (Å²) < 4.78 is 10.4. The van der Waals surface area contributed by atoms with Gasteiger partial charge < -0.3 is 15.0 Å². The van der Waals surface area contributed by atoms with Gasteiger partial charge in [-0.05, 0) is 30.9 Å². The summed E-state index contributed by atoms with van der Waals surface area (Å²) in [6, 6.07) is 3.98. The van der Waals surface area contributed by atoms with Crippen LogP contribution in [-0.4, -0.2) is 23.5 Å². The van der Waals surface area contributed by atoms with Gasteiger partial charge in [-0.25, -0.2) is 0 Å². The van der Waals surface area contributed by atoms with Crippen LogP contribution in [-0.2, 0) is 6.54 Å². The number of methoxy groups -OCH3 is 1. The number of nitrogens with zero attached hydrogens (tertiary/aromatic N) is 2. The Bertz CT molecular complexity index is 554. The molecule has 1 aromatic heterocycles. The maximum absolute atomic E-state index is 5.47. The number of hydrogen-bond acceptors (Lipinski definition) is 6. The first kappa shape index (κ1) is 12.9. The van der Waals surface area contributed by atoms with Crippen LogP contribution < -0.4 is 10.5 Å². The maximum Gasteiger partial charge on any atom is 0.240 e. The van der Waals surface area contributed by atoms with E-state index in [0.29, 0.717) is 11.7 Å². The van der Waals surface area contributed by atoms with Crippen LogP contribution in [0, 0.1) is 6.92 Å². The number of thioether (sulfide) groups is 1. The SMILES string of the molecule is COc1cc(-c2noc(CN)n2)c(SC)cc1C. The van der Waals surface area contributed by atoms with Crippen LogP contribution in [0.25, 0.3) is 11.4 Å². The van der Waals surface area contributed by atoms with Crippen molar-refractivity contribution in [2.24, 2.45) is 5.73 Å². The van der Waals surface area contributed by atoms with E-state index in [2.05, 4.69) is 16.2 Å². The third-order valence-corrected chi connectivity index (χ3v) is 3.38. The third-order valence-electron chi connectivity index (χ3n) is 2.60. The third kappa shape index (κ3) is 2.34. The first-order valence-electron chi connectivity index (χ1n) is 5.45. The Labute approximate surface area is 110 Å². The van der Waals surface area contributed by atoms with Crippen molar-refractivity contribution in [3.05, 3.63) is 23.6 Å². The Hall–Kier alpha value is -1.53. The van der Waals surface area contributed by atoms with Gasteiger partial charge in [0.1, 0.15) is 5.75 Å². The molecular weight excluding hydrogens is 250 g/mol. The van der Waals surface area contributed by atoms with Gasteiger partial charge in [0, 0.05) is 10.5 Å². The lowest BCUT2D eigenvalue weighted by Gasteiger charge is -2.09. The average molecular weight is 265 g/mol. The largest absolute Gasteiger partial charge is 0.496 e. The van der Waals surface area contributed by atoms with Crippen molar-refractivity contribution in [3.8, 4) is 17.1 Å². The van der Waals surface area contributed by atoms with Crippen molar-refractivity contribution in [2.75, 3.05) is 13.4 Å². The molecule has 0 fully saturated rings. The molecule has 0 spiro atoms. The molecule has 0 aliphatic heterocycles. The Kier molecular flexibility index (Phi) is 3.88. The monoisotopic (exact) mass is 265 g/mol. The normalized spacial score (nSPS) is 10.7. The van der Waals surface area contributed by atoms with Gasteiger partial charge in [0.2, 0.25) is 11.7 Å². The zero-order chi connectivity index (χ0) is 13.1. The molecule has 0 saturated heterocycles. The van der Waals surface area contributed by atoms with Gasteiger partial charge in [-0.1, -0.05) is 5.16 Å². The van der Waals surface area contributed by atoms with E-state index in [1.54, 1.807) is 18.9 Å². The van der Waals surface area contributed by atoms with Crippen LogP contribution in [0.2, 0.25) is 0 Å². The minimum atomic E-state index is 0.241. The van der Waals surface area contributed by atoms with Crippen molar-refractivity contribution in [2.45, 2.75) is 18.4 Å². The quantitative estimate of drug-likeness (QED) is 0.854. The average Bonchev–Trinajstić information content (AvgIpc) is 2.87. The van der Waals surface area contributed by atoms with Gasteiger partial charge in [0.25, 0.3) is 0 Å². The summed E-state index contributed by atoms with van der Waals surface area (Å²) in [7, 11) is 1.65. The number of nitrogens with two attached hydrogens (primary N) is 1. The van der Waals surface area contributed by atoms with Crippen molar-refractivity contribution in [1.82, 2.24) is 10.1 Å². The number of ether oxygens (including phenoxy) is 1. The van der Waals surface area contributed by atoms with Gasteiger partial charge in [-0.15, -0.1) is 11.8 Å². The van der Waals surface area contributed by atoms with Gasteiger partial charge in [-0.3, -0.25) is 0 Å². The number of hydrogen-bond donors (Lipinski definition) is 1. The van der Waals surface area contributed by atoms with Crippen molar-refractivity contribution in [1.29, 1.82) is 0 Å². The molecule has 2 rings (SSSR count). The molecule has 0 amide bonds. The van der Waals surface area contributed by atoms with Crippen LogP contribution in [0.5, 0.6) is 5.75 Å². The van der Waals surface area contributed by atoms with E-state index >= 15 is 0 Å². The highest BCUT2D eigenvalue weighted by atomic mass is 32.2. The maximum atomic E-state index is 5.47. The first-order valence-corrected chi connectivity index (χ1v) is 6.67. The van der Waals surface area contributed by atoms with E-state index in [1.165, 1.54) is 0 Å². The lowest BCUT2D eigenvalue weighted by atomic mass is 10.1. The van der Waals surface area contributed by atoms with Crippen LogP contribution in [0.15, 0.2) is 21.6 Å². The Morgan fingerprint density at radius 3 is 2.78 bits per heavy atom. The molecule has 0 unspecified atom stereocenters. The second-order valence-electron chi connectivity index (χ2n) is 3.74. The fourth-order valence-corrected chi connectivity index (χ4v) is 2.34. The second-order valence-corrected chi connectivity index (χ2v) is 4.59. The summed E-state index contributed by atoms with van der Waals surface area (Å²) in [5.74, 6) is 1.77. The second kappa shape index (κ2) is 5.41. The van der Waals surface area contributed by atoms with Gasteiger partial charge in [0.05, 0.1) is 13.7 Å². The molecular formula is C12H15N3O2S. The summed E-state index contributed by atoms with van der Waals surface area (Å²) in [5.41, 5.74) is 7.44. The van der Waals surface area contributed by atoms with E-state index in [-0.39, 0.29) is 6.54 Å². The summed E-state index contributed by atoms with van der Waals surface area (Å²) in [4.78, 5) is 5.32. The smallest absolute Gasteiger partial charge is 0.240 e. The first-order chi connectivity index (χ1) is 8.69. The molecule has 0 saturated carbocycles. The molecule has 6 heteroatoms. The molecule has 0 radical (unpaired) electrons. The molecule has 1 aromatic carbocycles. The van der Waals surface area contributed by atoms with Crippen LogP contribution in [0.1, 0.15) is 11.5 Å². The number of rotatable bonds is 4. The number of aromatic nitrogens is 2. The van der Waals surface area contributed by atoms with Gasteiger partial charge >= 0.3 is 0 Å². The lowest BCUT2D eigenvalue weighted by molar-refractivity contribution is 0.380. The van der Waals surface area contributed by atoms with E-state index < -0.39 is 0 Å². The lowest BCUT2D eigenvalue weighted by Crippen LogP contribution is -1.96.